The quantitative estimate of drug-likeness (QED) is 0.542. The van der Waals surface area contributed by atoms with Crippen molar-refractivity contribution in [2.24, 2.45) is 17.8 Å². The average molecular weight is 368 g/mol. The Morgan fingerprint density at radius 2 is 1.81 bits per heavy atom. The van der Waals surface area contributed by atoms with E-state index in [1.807, 2.05) is 0 Å². The van der Waals surface area contributed by atoms with Crippen molar-refractivity contribution < 1.29 is 29.0 Å². The summed E-state index contributed by atoms with van der Waals surface area (Å²) in [7, 11) is 2.70. The standard InChI is InChI=1S/C18H28N2O6/c1-18(2)16(24)20(17(25)19(18)3)10-13(15(23)26-4)12(14(21)22)9-11-7-5-6-8-11/h11-13H,5-10H2,1-4H3,(H,21,22)/t12-,13+/m1/s1. The maximum absolute atomic E-state index is 12.6. The lowest BCUT2D eigenvalue weighted by molar-refractivity contribution is -0.157. The molecule has 0 radical (unpaired) electrons. The molecular weight excluding hydrogens is 340 g/mol. The maximum Gasteiger partial charge on any atom is 0.327 e. The molecule has 0 unspecified atom stereocenters. The fraction of sp³-hybridized carbons (Fsp3) is 0.778. The Bertz CT molecular complexity index is 596. The van der Waals surface area contributed by atoms with Gasteiger partial charge in [0.1, 0.15) is 5.54 Å². The SMILES string of the molecule is COC(=O)[C@@H](CN1C(=O)N(C)C(C)(C)C1=O)[C@@H](CC1CCCC1)C(=O)O. The number of imide groups is 1. The van der Waals surface area contributed by atoms with E-state index < -0.39 is 41.3 Å². The molecule has 8 nitrogen and oxygen atoms in total. The summed E-state index contributed by atoms with van der Waals surface area (Å²) in [6.07, 6.45) is 4.35. The highest BCUT2D eigenvalue weighted by Gasteiger charge is 2.51. The lowest BCUT2D eigenvalue weighted by Gasteiger charge is -2.27. The summed E-state index contributed by atoms with van der Waals surface area (Å²) in [5.41, 5.74) is -1.03. The van der Waals surface area contributed by atoms with Crippen molar-refractivity contribution in [1.29, 1.82) is 0 Å². The molecule has 1 saturated carbocycles. The van der Waals surface area contributed by atoms with Gasteiger partial charge in [0.25, 0.3) is 5.91 Å². The van der Waals surface area contributed by atoms with Crippen molar-refractivity contribution in [2.45, 2.75) is 51.5 Å². The summed E-state index contributed by atoms with van der Waals surface area (Å²) in [5.74, 6) is -4.06. The number of aliphatic carboxylic acids is 1. The summed E-state index contributed by atoms with van der Waals surface area (Å²) < 4.78 is 4.80. The lowest BCUT2D eigenvalue weighted by atomic mass is 9.83. The molecule has 0 aromatic heterocycles. The number of nitrogens with zero attached hydrogens (tertiary/aromatic N) is 2. The van der Waals surface area contributed by atoms with E-state index in [-0.39, 0.29) is 12.5 Å². The molecule has 2 aliphatic rings. The van der Waals surface area contributed by atoms with Gasteiger partial charge < -0.3 is 14.7 Å². The van der Waals surface area contributed by atoms with Gasteiger partial charge in [0.2, 0.25) is 0 Å². The summed E-state index contributed by atoms with van der Waals surface area (Å²) >= 11 is 0. The minimum atomic E-state index is -1.10. The zero-order valence-electron chi connectivity index (χ0n) is 15.9. The van der Waals surface area contributed by atoms with Crippen molar-refractivity contribution in [1.82, 2.24) is 9.80 Å². The zero-order valence-corrected chi connectivity index (χ0v) is 15.9. The largest absolute Gasteiger partial charge is 0.481 e. The molecule has 2 fully saturated rings. The number of carboxylic acid groups (broad SMARTS) is 1. The van der Waals surface area contributed by atoms with Crippen LogP contribution in [0, 0.1) is 17.8 Å². The second-order valence-corrected chi connectivity index (χ2v) is 7.78. The van der Waals surface area contributed by atoms with Gasteiger partial charge in [-0.3, -0.25) is 19.3 Å². The van der Waals surface area contributed by atoms with E-state index in [0.29, 0.717) is 6.42 Å². The summed E-state index contributed by atoms with van der Waals surface area (Å²) in [6, 6.07) is -0.529. The Hall–Kier alpha value is -2.12. The second kappa shape index (κ2) is 7.63. The first-order valence-electron chi connectivity index (χ1n) is 9.01. The first-order chi connectivity index (χ1) is 12.1. The van der Waals surface area contributed by atoms with Crippen LogP contribution in [0.5, 0.6) is 0 Å². The summed E-state index contributed by atoms with van der Waals surface area (Å²) in [6.45, 7) is 2.96. The molecule has 0 bridgehead atoms. The van der Waals surface area contributed by atoms with Gasteiger partial charge in [0, 0.05) is 13.6 Å². The first-order valence-corrected chi connectivity index (χ1v) is 9.01. The van der Waals surface area contributed by atoms with E-state index in [0.717, 1.165) is 30.6 Å². The molecule has 26 heavy (non-hydrogen) atoms. The number of methoxy groups -OCH3 is 1. The summed E-state index contributed by atoms with van der Waals surface area (Å²) in [5, 5.41) is 9.70. The van der Waals surface area contributed by atoms with Crippen LogP contribution in [0.15, 0.2) is 0 Å². The summed E-state index contributed by atoms with van der Waals surface area (Å²) in [4.78, 5) is 51.5. The highest BCUT2D eigenvalue weighted by molar-refractivity contribution is 6.06. The van der Waals surface area contributed by atoms with Crippen LogP contribution in [0.25, 0.3) is 0 Å². The normalized spacial score (nSPS) is 22.6. The number of carbonyl (C=O) groups excluding carboxylic acids is 3. The molecule has 1 N–H and O–H groups in total. The highest BCUT2D eigenvalue weighted by Crippen LogP contribution is 2.35. The van der Waals surface area contributed by atoms with Crippen LogP contribution in [0.3, 0.4) is 0 Å². The second-order valence-electron chi connectivity index (χ2n) is 7.78. The predicted molar refractivity (Wildman–Crippen MR) is 92.2 cm³/mol. The van der Waals surface area contributed by atoms with Crippen molar-refractivity contribution in [3.63, 3.8) is 0 Å². The molecule has 146 valence electrons. The maximum atomic E-state index is 12.6. The van der Waals surface area contributed by atoms with Crippen molar-refractivity contribution in [2.75, 3.05) is 20.7 Å². The monoisotopic (exact) mass is 368 g/mol. The van der Waals surface area contributed by atoms with E-state index in [1.54, 1.807) is 13.8 Å². The number of hydrogen-bond acceptors (Lipinski definition) is 5. The molecule has 0 aromatic carbocycles. The van der Waals surface area contributed by atoms with Crippen molar-refractivity contribution in [3.8, 4) is 0 Å². The van der Waals surface area contributed by atoms with Gasteiger partial charge in [-0.05, 0) is 26.2 Å². The van der Waals surface area contributed by atoms with Gasteiger partial charge in [-0.15, -0.1) is 0 Å². The Labute approximate surface area is 153 Å². The molecule has 8 heteroatoms. The van der Waals surface area contributed by atoms with Crippen molar-refractivity contribution >= 4 is 23.9 Å². The van der Waals surface area contributed by atoms with Crippen LogP contribution in [0.2, 0.25) is 0 Å². The molecule has 0 spiro atoms. The van der Waals surface area contributed by atoms with Gasteiger partial charge in [-0.1, -0.05) is 25.7 Å². The molecule has 1 aliphatic carbocycles. The predicted octanol–water partition coefficient (Wildman–Crippen LogP) is 1.73. The lowest BCUT2D eigenvalue weighted by Crippen LogP contribution is -2.45. The van der Waals surface area contributed by atoms with Gasteiger partial charge in [0.15, 0.2) is 0 Å². The van der Waals surface area contributed by atoms with Crippen LogP contribution >= 0.6 is 0 Å². The third-order valence-corrected chi connectivity index (χ3v) is 5.87. The third kappa shape index (κ3) is 3.68. The fourth-order valence-electron chi connectivity index (χ4n) is 3.90. The topological polar surface area (TPSA) is 104 Å². The Balaban J connectivity index is 2.25. The molecule has 1 aliphatic heterocycles. The number of urea groups is 1. The molecule has 3 amide bonds. The number of amides is 3. The number of likely N-dealkylation sites (N-methyl/N-ethyl adjacent to an activating group) is 1. The van der Waals surface area contributed by atoms with Crippen LogP contribution in [0.4, 0.5) is 4.79 Å². The molecular formula is C18H28N2O6. The molecule has 0 aromatic rings. The van der Waals surface area contributed by atoms with Crippen molar-refractivity contribution in [3.05, 3.63) is 0 Å². The van der Waals surface area contributed by atoms with Gasteiger partial charge in [-0.2, -0.15) is 0 Å². The Morgan fingerprint density at radius 3 is 2.23 bits per heavy atom. The molecule has 1 heterocycles. The van der Waals surface area contributed by atoms with E-state index in [9.17, 15) is 24.3 Å². The molecule has 1 saturated heterocycles. The highest BCUT2D eigenvalue weighted by atomic mass is 16.5. The molecule has 2 atom stereocenters. The Kier molecular flexibility index (Phi) is 5.93. The number of ether oxygens (including phenoxy) is 1. The average Bonchev–Trinajstić information content (AvgIpc) is 3.15. The van der Waals surface area contributed by atoms with Crippen LogP contribution < -0.4 is 0 Å². The van der Waals surface area contributed by atoms with Crippen LogP contribution in [-0.2, 0) is 19.1 Å². The van der Waals surface area contributed by atoms with Gasteiger partial charge in [0.05, 0.1) is 18.9 Å². The number of rotatable bonds is 7. The van der Waals surface area contributed by atoms with E-state index >= 15 is 0 Å². The smallest absolute Gasteiger partial charge is 0.327 e. The number of carboxylic acids is 1. The zero-order chi connectivity index (χ0) is 19.6. The first kappa shape index (κ1) is 20.2. The van der Waals surface area contributed by atoms with Crippen LogP contribution in [0.1, 0.15) is 46.0 Å². The molecule has 2 rings (SSSR count). The number of carbonyl (C=O) groups is 4. The number of esters is 1. The van der Waals surface area contributed by atoms with Gasteiger partial charge >= 0.3 is 18.0 Å². The minimum absolute atomic E-state index is 0.243. The van der Waals surface area contributed by atoms with E-state index in [1.165, 1.54) is 19.1 Å². The van der Waals surface area contributed by atoms with E-state index in [4.69, 9.17) is 4.74 Å². The minimum Gasteiger partial charge on any atom is -0.481 e. The third-order valence-electron chi connectivity index (χ3n) is 5.87. The fourth-order valence-corrected chi connectivity index (χ4v) is 3.90. The van der Waals surface area contributed by atoms with Gasteiger partial charge in [-0.25, -0.2) is 4.79 Å². The van der Waals surface area contributed by atoms with E-state index in [2.05, 4.69) is 0 Å². The Morgan fingerprint density at radius 1 is 1.23 bits per heavy atom. The number of hydrogen-bond donors (Lipinski definition) is 1. The van der Waals surface area contributed by atoms with Crippen LogP contribution in [-0.4, -0.2) is 65.0 Å².